The Hall–Kier alpha value is -3.65. The maximum absolute atomic E-state index is 15.4. The maximum Gasteiger partial charge on any atom is 0.342 e. The van der Waals surface area contributed by atoms with Crippen molar-refractivity contribution in [3.8, 4) is 5.75 Å². The van der Waals surface area contributed by atoms with Crippen molar-refractivity contribution in [3.63, 3.8) is 0 Å². The third-order valence-electron chi connectivity index (χ3n) is 9.94. The van der Waals surface area contributed by atoms with E-state index in [1.54, 1.807) is 13.8 Å². The summed E-state index contributed by atoms with van der Waals surface area (Å²) in [6.45, 7) is 8.29. The number of hydrogen-bond acceptors (Lipinski definition) is 9. The summed E-state index contributed by atoms with van der Waals surface area (Å²) >= 11 is 0. The number of hydrogen-bond donors (Lipinski definition) is 2. The number of fused-ring (bicyclic) bond motifs is 1. The van der Waals surface area contributed by atoms with Gasteiger partial charge in [-0.3, -0.25) is 14.5 Å². The Bertz CT molecular complexity index is 1470. The molecule has 0 atom stereocenters. The summed E-state index contributed by atoms with van der Waals surface area (Å²) in [5.74, 6) is -5.03. The molecule has 1 aromatic carbocycles. The van der Waals surface area contributed by atoms with Crippen LogP contribution in [0.3, 0.4) is 0 Å². The van der Waals surface area contributed by atoms with Crippen molar-refractivity contribution in [2.45, 2.75) is 76.4 Å². The van der Waals surface area contributed by atoms with E-state index in [9.17, 15) is 18.4 Å². The van der Waals surface area contributed by atoms with Gasteiger partial charge >= 0.3 is 5.92 Å². The molecule has 3 fully saturated rings. The zero-order valence-electron chi connectivity index (χ0n) is 27.6. The molecule has 2 N–H and O–H groups in total. The van der Waals surface area contributed by atoms with Gasteiger partial charge in [-0.1, -0.05) is 0 Å². The van der Waals surface area contributed by atoms with E-state index < -0.39 is 36.1 Å². The standard InChI is InChI=1S/C33H45F3N8O3/c1-20(2)44-19-33(35,36)31(46)41(3)27-17-37-32(40-29(27)44)39-26-16-25(34)24(15-28(26)47-4)30(45)38-22-7-9-23(10-8-22)43-13-11-42(12-14-43)18-21-5-6-21/h15-17,20-23H,5-14,18-19H2,1-4H3,(H,38,45)(H,37,39,40). The summed E-state index contributed by atoms with van der Waals surface area (Å²) in [5.41, 5.74) is 0.133. The molecule has 0 radical (unpaired) electrons. The van der Waals surface area contributed by atoms with Crippen molar-refractivity contribution in [1.82, 2.24) is 25.1 Å². The highest BCUT2D eigenvalue weighted by Gasteiger charge is 2.47. The Labute approximate surface area is 273 Å². The molecule has 0 spiro atoms. The minimum Gasteiger partial charge on any atom is -0.495 e. The number of carbonyl (C=O) groups is 2. The van der Waals surface area contributed by atoms with E-state index >= 15 is 4.39 Å². The van der Waals surface area contributed by atoms with Gasteiger partial charge in [-0.2, -0.15) is 13.8 Å². The van der Waals surface area contributed by atoms with Crippen LogP contribution in [0.4, 0.5) is 36.3 Å². The molecular formula is C33H45F3N8O3. The van der Waals surface area contributed by atoms with Gasteiger partial charge in [-0.05, 0) is 64.4 Å². The number of rotatable bonds is 9. The third-order valence-corrected chi connectivity index (χ3v) is 9.94. The number of benzene rings is 1. The number of methoxy groups -OCH3 is 1. The number of ether oxygens (including phenoxy) is 1. The van der Waals surface area contributed by atoms with Gasteiger partial charge in [0.1, 0.15) is 17.3 Å². The number of halogens is 3. The Kier molecular flexibility index (Phi) is 9.52. The number of nitrogens with zero attached hydrogens (tertiary/aromatic N) is 6. The lowest BCUT2D eigenvalue weighted by Crippen LogP contribution is -2.52. The van der Waals surface area contributed by atoms with Gasteiger partial charge in [0, 0.05) is 64.0 Å². The third kappa shape index (κ3) is 7.28. The minimum atomic E-state index is -3.62. The summed E-state index contributed by atoms with van der Waals surface area (Å²) in [6.07, 6.45) is 7.71. The first kappa shape index (κ1) is 33.3. The minimum absolute atomic E-state index is 0.0172. The van der Waals surface area contributed by atoms with Crippen molar-refractivity contribution < 1.29 is 27.5 Å². The molecule has 256 valence electrons. The van der Waals surface area contributed by atoms with E-state index in [1.165, 1.54) is 50.7 Å². The highest BCUT2D eigenvalue weighted by Crippen LogP contribution is 2.38. The van der Waals surface area contributed by atoms with E-state index in [1.807, 2.05) is 0 Å². The summed E-state index contributed by atoms with van der Waals surface area (Å²) in [7, 11) is 2.65. The van der Waals surface area contributed by atoms with Gasteiger partial charge in [-0.25, -0.2) is 9.37 Å². The molecule has 1 saturated heterocycles. The van der Waals surface area contributed by atoms with E-state index in [4.69, 9.17) is 4.74 Å². The molecule has 11 nitrogen and oxygen atoms in total. The molecule has 1 aromatic heterocycles. The van der Waals surface area contributed by atoms with Gasteiger partial charge in [0.2, 0.25) is 5.95 Å². The van der Waals surface area contributed by atoms with Crippen LogP contribution < -0.4 is 25.2 Å². The molecule has 4 aliphatic rings. The van der Waals surface area contributed by atoms with Gasteiger partial charge in [-0.15, -0.1) is 0 Å². The van der Waals surface area contributed by atoms with E-state index in [0.717, 1.165) is 68.7 Å². The second-order valence-corrected chi connectivity index (χ2v) is 13.6. The van der Waals surface area contributed by atoms with Crippen molar-refractivity contribution in [2.75, 3.05) is 68.5 Å². The number of nitrogens with one attached hydrogen (secondary N) is 2. The normalized spacial score (nSPS) is 23.8. The van der Waals surface area contributed by atoms with Crippen LogP contribution in [0.1, 0.15) is 62.7 Å². The predicted molar refractivity (Wildman–Crippen MR) is 173 cm³/mol. The highest BCUT2D eigenvalue weighted by atomic mass is 19.3. The highest BCUT2D eigenvalue weighted by molar-refractivity contribution is 6.02. The van der Waals surface area contributed by atoms with Crippen molar-refractivity contribution in [3.05, 3.63) is 29.7 Å². The van der Waals surface area contributed by atoms with Crippen molar-refractivity contribution in [2.24, 2.45) is 5.92 Å². The largest absolute Gasteiger partial charge is 0.495 e. The summed E-state index contributed by atoms with van der Waals surface area (Å²) in [5, 5.41) is 5.92. The fourth-order valence-electron chi connectivity index (χ4n) is 6.95. The number of aromatic nitrogens is 2. The van der Waals surface area contributed by atoms with E-state index in [2.05, 4.69) is 30.4 Å². The number of amides is 2. The van der Waals surface area contributed by atoms with Gasteiger partial charge < -0.3 is 30.1 Å². The zero-order chi connectivity index (χ0) is 33.5. The molecule has 0 bridgehead atoms. The molecule has 3 heterocycles. The second-order valence-electron chi connectivity index (χ2n) is 13.6. The summed E-state index contributed by atoms with van der Waals surface area (Å²) in [6, 6.07) is 2.54. The molecule has 6 rings (SSSR count). The number of anilines is 4. The average molecular weight is 659 g/mol. The lowest BCUT2D eigenvalue weighted by molar-refractivity contribution is -0.140. The average Bonchev–Trinajstić information content (AvgIpc) is 3.88. The molecule has 2 aliphatic carbocycles. The lowest BCUT2D eigenvalue weighted by Gasteiger charge is -2.42. The van der Waals surface area contributed by atoms with Crippen LogP contribution in [-0.4, -0.2) is 109 Å². The Morgan fingerprint density at radius 2 is 1.79 bits per heavy atom. The van der Waals surface area contributed by atoms with Crippen LogP contribution in [-0.2, 0) is 4.79 Å². The first-order valence-corrected chi connectivity index (χ1v) is 16.6. The lowest BCUT2D eigenvalue weighted by atomic mass is 9.89. The van der Waals surface area contributed by atoms with Crippen LogP contribution in [0, 0.1) is 11.7 Å². The van der Waals surface area contributed by atoms with Crippen LogP contribution in [0.15, 0.2) is 18.3 Å². The Morgan fingerprint density at radius 3 is 2.43 bits per heavy atom. The van der Waals surface area contributed by atoms with Crippen LogP contribution >= 0.6 is 0 Å². The fourth-order valence-corrected chi connectivity index (χ4v) is 6.95. The SMILES string of the molecule is COc1cc(C(=O)NC2CCC(N3CCN(CC4CC4)CC3)CC2)c(F)cc1Nc1ncc2c(n1)N(C(C)C)CC(F)(F)C(=O)N2C. The van der Waals surface area contributed by atoms with E-state index in [0.29, 0.717) is 6.04 Å². The number of alkyl halides is 2. The molecule has 2 saturated carbocycles. The van der Waals surface area contributed by atoms with Crippen molar-refractivity contribution in [1.29, 1.82) is 0 Å². The summed E-state index contributed by atoms with van der Waals surface area (Å²) < 4.78 is 50.3. The van der Waals surface area contributed by atoms with Crippen LogP contribution in [0.2, 0.25) is 0 Å². The first-order chi connectivity index (χ1) is 22.4. The molecule has 2 amide bonds. The number of piperazine rings is 1. The monoisotopic (exact) mass is 658 g/mol. The van der Waals surface area contributed by atoms with Crippen LogP contribution in [0.25, 0.3) is 0 Å². The fraction of sp³-hybridized carbons (Fsp3) is 0.636. The maximum atomic E-state index is 15.4. The van der Waals surface area contributed by atoms with Gasteiger partial charge in [0.05, 0.1) is 31.1 Å². The number of carbonyl (C=O) groups excluding carboxylic acids is 2. The quantitative estimate of drug-likeness (QED) is 0.409. The smallest absolute Gasteiger partial charge is 0.342 e. The van der Waals surface area contributed by atoms with Gasteiger partial charge in [0.25, 0.3) is 11.8 Å². The van der Waals surface area contributed by atoms with Gasteiger partial charge in [0.15, 0.2) is 5.82 Å². The molecule has 2 aliphatic heterocycles. The molecule has 14 heteroatoms. The second kappa shape index (κ2) is 13.5. The zero-order valence-corrected chi connectivity index (χ0v) is 27.6. The topological polar surface area (TPSA) is 106 Å². The Balaban J connectivity index is 1.09. The Morgan fingerprint density at radius 1 is 1.09 bits per heavy atom. The van der Waals surface area contributed by atoms with Crippen LogP contribution in [0.5, 0.6) is 5.75 Å². The van der Waals surface area contributed by atoms with E-state index in [-0.39, 0.29) is 40.5 Å². The first-order valence-electron chi connectivity index (χ1n) is 16.6. The molecule has 2 aromatic rings. The molecule has 47 heavy (non-hydrogen) atoms. The summed E-state index contributed by atoms with van der Waals surface area (Å²) in [4.78, 5) is 41.6. The molecular weight excluding hydrogens is 613 g/mol. The van der Waals surface area contributed by atoms with Crippen molar-refractivity contribution >= 4 is 35.0 Å². The predicted octanol–water partition coefficient (Wildman–Crippen LogP) is 4.26. The molecule has 0 unspecified atom stereocenters.